The SMILES string of the molecule is CCn1c(-c2nc(C(=O)N(C)CCO)cs2)cc2ccccc21. The molecule has 2 heterocycles. The number of aryl methyl sites for hydroxylation is 1. The second kappa shape index (κ2) is 6.52. The van der Waals surface area contributed by atoms with Crippen LogP contribution < -0.4 is 0 Å². The number of para-hydroxylation sites is 1. The summed E-state index contributed by atoms with van der Waals surface area (Å²) in [5.74, 6) is -0.166. The predicted octanol–water partition coefficient (Wildman–Crippen LogP) is 2.85. The molecule has 3 aromatic rings. The Hall–Kier alpha value is -2.18. The van der Waals surface area contributed by atoms with Crippen LogP contribution in [-0.2, 0) is 6.54 Å². The predicted molar refractivity (Wildman–Crippen MR) is 92.8 cm³/mol. The van der Waals surface area contributed by atoms with Crippen molar-refractivity contribution in [2.75, 3.05) is 20.2 Å². The molecule has 0 aliphatic rings. The Morgan fingerprint density at radius 3 is 2.91 bits per heavy atom. The van der Waals surface area contributed by atoms with Gasteiger partial charge in [0.25, 0.3) is 5.91 Å². The number of likely N-dealkylation sites (N-methyl/N-ethyl adjacent to an activating group) is 1. The number of nitrogens with zero attached hydrogens (tertiary/aromatic N) is 3. The second-order valence-electron chi connectivity index (χ2n) is 5.32. The average Bonchev–Trinajstić information content (AvgIpc) is 3.18. The van der Waals surface area contributed by atoms with Crippen molar-refractivity contribution < 1.29 is 9.90 Å². The van der Waals surface area contributed by atoms with Gasteiger partial charge in [-0.05, 0) is 19.1 Å². The van der Waals surface area contributed by atoms with Crippen LogP contribution in [-0.4, -0.2) is 45.7 Å². The Morgan fingerprint density at radius 1 is 1.39 bits per heavy atom. The Kier molecular flexibility index (Phi) is 4.45. The molecule has 0 saturated heterocycles. The van der Waals surface area contributed by atoms with Crippen LogP contribution >= 0.6 is 11.3 Å². The number of hydrogen-bond acceptors (Lipinski definition) is 4. The topological polar surface area (TPSA) is 58.4 Å². The Labute approximate surface area is 138 Å². The van der Waals surface area contributed by atoms with Crippen LogP contribution in [0.4, 0.5) is 0 Å². The number of carbonyl (C=O) groups is 1. The molecule has 0 fully saturated rings. The number of hydrogen-bond donors (Lipinski definition) is 1. The van der Waals surface area contributed by atoms with Crippen LogP contribution in [0.25, 0.3) is 21.6 Å². The summed E-state index contributed by atoms with van der Waals surface area (Å²) in [6, 6.07) is 10.3. The van der Waals surface area contributed by atoms with Crippen molar-refractivity contribution >= 4 is 28.1 Å². The summed E-state index contributed by atoms with van der Waals surface area (Å²) in [4.78, 5) is 18.3. The van der Waals surface area contributed by atoms with E-state index in [0.29, 0.717) is 12.2 Å². The number of fused-ring (bicyclic) bond motifs is 1. The zero-order valence-electron chi connectivity index (χ0n) is 13.2. The van der Waals surface area contributed by atoms with Crippen LogP contribution in [0.15, 0.2) is 35.7 Å². The molecule has 1 aromatic carbocycles. The molecule has 0 radical (unpaired) electrons. The summed E-state index contributed by atoms with van der Waals surface area (Å²) < 4.78 is 2.21. The molecule has 1 N–H and O–H groups in total. The van der Waals surface area contributed by atoms with Crippen molar-refractivity contribution in [3.8, 4) is 10.7 Å². The number of aliphatic hydroxyl groups is 1. The Morgan fingerprint density at radius 2 is 2.17 bits per heavy atom. The summed E-state index contributed by atoms with van der Waals surface area (Å²) in [5.41, 5.74) is 2.63. The summed E-state index contributed by atoms with van der Waals surface area (Å²) in [7, 11) is 1.67. The van der Waals surface area contributed by atoms with Gasteiger partial charge in [-0.3, -0.25) is 4.79 Å². The van der Waals surface area contributed by atoms with E-state index < -0.39 is 0 Å². The molecule has 5 nitrogen and oxygen atoms in total. The van der Waals surface area contributed by atoms with E-state index in [1.165, 1.54) is 27.1 Å². The zero-order chi connectivity index (χ0) is 16.4. The molecule has 2 aromatic heterocycles. The normalized spacial score (nSPS) is 11.1. The van der Waals surface area contributed by atoms with Crippen molar-refractivity contribution in [2.45, 2.75) is 13.5 Å². The molecule has 0 aliphatic carbocycles. The van der Waals surface area contributed by atoms with Gasteiger partial charge >= 0.3 is 0 Å². The first-order valence-corrected chi connectivity index (χ1v) is 8.44. The van der Waals surface area contributed by atoms with E-state index >= 15 is 0 Å². The molecule has 6 heteroatoms. The van der Waals surface area contributed by atoms with Crippen LogP contribution in [0.3, 0.4) is 0 Å². The molecule has 3 rings (SSSR count). The Bertz CT molecular complexity index is 837. The fraction of sp³-hybridized carbons (Fsp3) is 0.294. The van der Waals surface area contributed by atoms with Crippen molar-refractivity contribution in [3.05, 3.63) is 41.4 Å². The summed E-state index contributed by atoms with van der Waals surface area (Å²) in [6.07, 6.45) is 0. The third-order valence-electron chi connectivity index (χ3n) is 3.85. The maximum atomic E-state index is 12.3. The number of amides is 1. The molecule has 0 aliphatic heterocycles. The highest BCUT2D eigenvalue weighted by Gasteiger charge is 2.18. The molecule has 0 spiro atoms. The average molecular weight is 329 g/mol. The van der Waals surface area contributed by atoms with Gasteiger partial charge in [0.05, 0.1) is 12.3 Å². The minimum Gasteiger partial charge on any atom is -0.395 e. The number of benzene rings is 1. The molecular weight excluding hydrogens is 310 g/mol. The van der Waals surface area contributed by atoms with Gasteiger partial charge < -0.3 is 14.6 Å². The van der Waals surface area contributed by atoms with Gasteiger partial charge in [-0.15, -0.1) is 11.3 Å². The smallest absolute Gasteiger partial charge is 0.273 e. The third kappa shape index (κ3) is 2.87. The molecule has 0 unspecified atom stereocenters. The molecular formula is C17H19N3O2S. The van der Waals surface area contributed by atoms with Gasteiger partial charge in [0, 0.05) is 36.4 Å². The van der Waals surface area contributed by atoms with E-state index in [0.717, 1.165) is 17.2 Å². The zero-order valence-corrected chi connectivity index (χ0v) is 14.0. The van der Waals surface area contributed by atoms with Gasteiger partial charge in [0.2, 0.25) is 0 Å². The standard InChI is InChI=1S/C17H19N3O2S/c1-3-20-14-7-5-4-6-12(14)10-15(20)16-18-13(11-23-16)17(22)19(2)8-9-21/h4-7,10-11,21H,3,8-9H2,1-2H3. The van der Waals surface area contributed by atoms with E-state index in [1.54, 1.807) is 12.4 Å². The molecule has 0 atom stereocenters. The first kappa shape index (κ1) is 15.7. The van der Waals surface area contributed by atoms with Crippen molar-refractivity contribution in [3.63, 3.8) is 0 Å². The highest BCUT2D eigenvalue weighted by molar-refractivity contribution is 7.13. The van der Waals surface area contributed by atoms with E-state index in [1.807, 2.05) is 12.1 Å². The minimum absolute atomic E-state index is 0.0523. The van der Waals surface area contributed by atoms with Gasteiger partial charge in [-0.2, -0.15) is 0 Å². The summed E-state index contributed by atoms with van der Waals surface area (Å²) in [5, 5.41) is 12.7. The minimum atomic E-state index is -0.166. The number of aromatic nitrogens is 2. The molecule has 23 heavy (non-hydrogen) atoms. The first-order valence-electron chi connectivity index (χ1n) is 7.56. The van der Waals surface area contributed by atoms with Crippen LogP contribution in [0.2, 0.25) is 0 Å². The van der Waals surface area contributed by atoms with Crippen LogP contribution in [0.1, 0.15) is 17.4 Å². The maximum Gasteiger partial charge on any atom is 0.273 e. The molecule has 0 bridgehead atoms. The number of thiazole rings is 1. The summed E-state index contributed by atoms with van der Waals surface area (Å²) in [6.45, 7) is 3.20. The van der Waals surface area contributed by atoms with Gasteiger partial charge in [-0.25, -0.2) is 4.98 Å². The monoisotopic (exact) mass is 329 g/mol. The quantitative estimate of drug-likeness (QED) is 0.783. The largest absolute Gasteiger partial charge is 0.395 e. The second-order valence-corrected chi connectivity index (χ2v) is 6.18. The van der Waals surface area contributed by atoms with Crippen LogP contribution in [0, 0.1) is 0 Å². The third-order valence-corrected chi connectivity index (χ3v) is 4.72. The van der Waals surface area contributed by atoms with Crippen molar-refractivity contribution in [2.24, 2.45) is 0 Å². The van der Waals surface area contributed by atoms with Gasteiger partial charge in [-0.1, -0.05) is 18.2 Å². The highest BCUT2D eigenvalue weighted by Crippen LogP contribution is 2.30. The van der Waals surface area contributed by atoms with Crippen molar-refractivity contribution in [1.29, 1.82) is 0 Å². The van der Waals surface area contributed by atoms with Gasteiger partial charge in [0.1, 0.15) is 10.7 Å². The van der Waals surface area contributed by atoms with Crippen molar-refractivity contribution in [1.82, 2.24) is 14.5 Å². The molecule has 120 valence electrons. The lowest BCUT2D eigenvalue weighted by molar-refractivity contribution is 0.0762. The number of carbonyl (C=O) groups excluding carboxylic acids is 1. The fourth-order valence-corrected chi connectivity index (χ4v) is 3.48. The van der Waals surface area contributed by atoms with Crippen LogP contribution in [0.5, 0.6) is 0 Å². The van der Waals surface area contributed by atoms with E-state index in [4.69, 9.17) is 5.11 Å². The van der Waals surface area contributed by atoms with E-state index in [2.05, 4.69) is 34.7 Å². The first-order chi connectivity index (χ1) is 11.2. The highest BCUT2D eigenvalue weighted by atomic mass is 32.1. The Balaban J connectivity index is 1.99. The molecule has 1 amide bonds. The van der Waals surface area contributed by atoms with Gasteiger partial charge in [0.15, 0.2) is 0 Å². The maximum absolute atomic E-state index is 12.3. The number of rotatable bonds is 5. The molecule has 0 saturated carbocycles. The lowest BCUT2D eigenvalue weighted by Gasteiger charge is -2.13. The summed E-state index contributed by atoms with van der Waals surface area (Å²) >= 11 is 1.47. The lowest BCUT2D eigenvalue weighted by atomic mass is 10.2. The fourth-order valence-electron chi connectivity index (χ4n) is 2.66. The van der Waals surface area contributed by atoms with E-state index in [9.17, 15) is 4.79 Å². The van der Waals surface area contributed by atoms with E-state index in [-0.39, 0.29) is 12.5 Å². The lowest BCUT2D eigenvalue weighted by Crippen LogP contribution is -2.29. The number of aliphatic hydroxyl groups excluding tert-OH is 1.